The van der Waals surface area contributed by atoms with Crippen LogP contribution in [0.1, 0.15) is 23.0 Å². The Labute approximate surface area is 185 Å². The smallest absolute Gasteiger partial charge is 0.238 e. The maximum Gasteiger partial charge on any atom is 0.238 e. The molecule has 3 aromatic rings. The van der Waals surface area contributed by atoms with Crippen LogP contribution in [0.25, 0.3) is 0 Å². The first kappa shape index (κ1) is 20.2. The van der Waals surface area contributed by atoms with Crippen molar-refractivity contribution in [1.82, 2.24) is 0 Å². The molecule has 0 saturated carbocycles. The summed E-state index contributed by atoms with van der Waals surface area (Å²) in [5.41, 5.74) is 1.85. The highest BCUT2D eigenvalue weighted by molar-refractivity contribution is 6.24. The predicted octanol–water partition coefficient (Wildman–Crippen LogP) is 4.62. The SMILES string of the molecule is O=C1[C@@H]2[C@H](C(=O)N1c1ccccc1N([O-])O)[C@@H](c1ccccc1)C=C[C@H]2c1ccccc1. The number of para-hydroxylation sites is 2. The Morgan fingerprint density at radius 2 is 1.12 bits per heavy atom. The first-order valence-corrected chi connectivity index (χ1v) is 10.5. The molecule has 4 atom stereocenters. The van der Waals surface area contributed by atoms with Crippen LogP contribution in [0.2, 0.25) is 0 Å². The van der Waals surface area contributed by atoms with E-state index in [0.717, 1.165) is 16.0 Å². The number of imide groups is 1. The van der Waals surface area contributed by atoms with Gasteiger partial charge in [0.15, 0.2) is 0 Å². The van der Waals surface area contributed by atoms with E-state index in [1.807, 2.05) is 72.8 Å². The van der Waals surface area contributed by atoms with Gasteiger partial charge in [-0.05, 0) is 23.3 Å². The van der Waals surface area contributed by atoms with Crippen molar-refractivity contribution in [2.45, 2.75) is 11.8 Å². The highest BCUT2D eigenvalue weighted by Gasteiger charge is 2.55. The van der Waals surface area contributed by atoms with Crippen LogP contribution < -0.4 is 10.1 Å². The molecule has 3 aromatic carbocycles. The van der Waals surface area contributed by atoms with Gasteiger partial charge >= 0.3 is 0 Å². The van der Waals surface area contributed by atoms with Gasteiger partial charge in [-0.3, -0.25) is 14.8 Å². The number of anilines is 2. The summed E-state index contributed by atoms with van der Waals surface area (Å²) in [6.07, 6.45) is 4.03. The number of allylic oxidation sites excluding steroid dienone is 2. The number of hydrogen-bond acceptors (Lipinski definition) is 5. The Bertz CT molecular complexity index is 1110. The average molecular weight is 425 g/mol. The van der Waals surface area contributed by atoms with Crippen LogP contribution in [-0.4, -0.2) is 17.0 Å². The van der Waals surface area contributed by atoms with E-state index in [9.17, 15) is 20.0 Å². The van der Waals surface area contributed by atoms with Gasteiger partial charge in [-0.25, -0.2) is 4.90 Å². The molecular weight excluding hydrogens is 404 g/mol. The second-order valence-corrected chi connectivity index (χ2v) is 8.08. The van der Waals surface area contributed by atoms with Crippen molar-refractivity contribution in [2.24, 2.45) is 11.8 Å². The molecule has 1 N–H and O–H groups in total. The average Bonchev–Trinajstić information content (AvgIpc) is 3.10. The molecule has 2 aliphatic rings. The lowest BCUT2D eigenvalue weighted by atomic mass is 9.68. The first-order valence-electron chi connectivity index (χ1n) is 10.5. The zero-order valence-electron chi connectivity index (χ0n) is 17.1. The van der Waals surface area contributed by atoms with Gasteiger partial charge in [-0.15, -0.1) is 0 Å². The number of carbonyl (C=O) groups excluding carboxylic acids is 2. The molecule has 1 heterocycles. The van der Waals surface area contributed by atoms with Crippen molar-refractivity contribution >= 4 is 23.2 Å². The summed E-state index contributed by atoms with van der Waals surface area (Å²) in [6.45, 7) is 0. The molecule has 0 spiro atoms. The molecule has 1 saturated heterocycles. The number of nitrogens with zero attached hydrogens (tertiary/aromatic N) is 2. The molecular formula is C26H21N2O4-. The molecule has 6 heteroatoms. The third-order valence-corrected chi connectivity index (χ3v) is 6.40. The third kappa shape index (κ3) is 3.21. The summed E-state index contributed by atoms with van der Waals surface area (Å²) >= 11 is 0. The van der Waals surface area contributed by atoms with Gasteiger partial charge in [-0.1, -0.05) is 84.9 Å². The van der Waals surface area contributed by atoms with Gasteiger partial charge in [-0.2, -0.15) is 0 Å². The highest BCUT2D eigenvalue weighted by Crippen LogP contribution is 2.51. The largest absolute Gasteiger partial charge is 0.733 e. The Balaban J connectivity index is 1.65. The van der Waals surface area contributed by atoms with E-state index in [1.54, 1.807) is 12.1 Å². The maximum absolute atomic E-state index is 13.8. The lowest BCUT2D eigenvalue weighted by Crippen LogP contribution is -2.33. The molecule has 1 fully saturated rings. The maximum atomic E-state index is 13.8. The zero-order chi connectivity index (χ0) is 22.2. The number of carbonyl (C=O) groups is 2. The molecule has 0 unspecified atom stereocenters. The fourth-order valence-corrected chi connectivity index (χ4v) is 4.99. The summed E-state index contributed by atoms with van der Waals surface area (Å²) in [4.78, 5) is 28.6. The quantitative estimate of drug-likeness (QED) is 0.375. The Morgan fingerprint density at radius 1 is 0.688 bits per heavy atom. The highest BCUT2D eigenvalue weighted by atomic mass is 16.8. The molecule has 160 valence electrons. The van der Waals surface area contributed by atoms with Crippen LogP contribution in [-0.2, 0) is 9.59 Å². The van der Waals surface area contributed by atoms with E-state index in [2.05, 4.69) is 0 Å². The van der Waals surface area contributed by atoms with Crippen molar-refractivity contribution < 1.29 is 14.8 Å². The number of amides is 2. The van der Waals surface area contributed by atoms with Crippen molar-refractivity contribution in [3.63, 3.8) is 0 Å². The monoisotopic (exact) mass is 425 g/mol. The van der Waals surface area contributed by atoms with Crippen LogP contribution >= 0.6 is 0 Å². The summed E-state index contributed by atoms with van der Waals surface area (Å²) < 4.78 is 0. The number of fused-ring (bicyclic) bond motifs is 1. The standard InChI is InChI=1S/C26H21N2O4/c29-25-23-19(17-9-3-1-4-10-17)15-16-20(18-11-5-2-6-12-18)24(23)26(30)27(25)21-13-7-8-14-22(21)28(31)32/h1-16,19-20,23-24,31H/q-1/t19-,20+,23-,24+. The summed E-state index contributed by atoms with van der Waals surface area (Å²) in [6, 6.07) is 25.4. The summed E-state index contributed by atoms with van der Waals surface area (Å²) in [7, 11) is 0. The molecule has 32 heavy (non-hydrogen) atoms. The van der Waals surface area contributed by atoms with Gasteiger partial charge in [0.25, 0.3) is 0 Å². The second-order valence-electron chi connectivity index (χ2n) is 8.08. The molecule has 5 rings (SSSR count). The van der Waals surface area contributed by atoms with Gasteiger partial charge in [0.1, 0.15) is 0 Å². The van der Waals surface area contributed by atoms with Crippen molar-refractivity contribution in [3.8, 4) is 0 Å². The molecule has 6 nitrogen and oxygen atoms in total. The van der Waals surface area contributed by atoms with Gasteiger partial charge in [0, 0.05) is 11.8 Å². The number of rotatable bonds is 4. The van der Waals surface area contributed by atoms with E-state index in [4.69, 9.17) is 0 Å². The Morgan fingerprint density at radius 3 is 1.59 bits per heavy atom. The minimum atomic E-state index is -0.619. The second kappa shape index (κ2) is 8.07. The van der Waals surface area contributed by atoms with Gasteiger partial charge in [0.05, 0.1) is 23.2 Å². The molecule has 0 bridgehead atoms. The summed E-state index contributed by atoms with van der Waals surface area (Å²) in [5, 5.41) is 21.0. The van der Waals surface area contributed by atoms with Gasteiger partial charge in [0.2, 0.25) is 11.8 Å². The van der Waals surface area contributed by atoms with Crippen molar-refractivity contribution in [1.29, 1.82) is 0 Å². The lowest BCUT2D eigenvalue weighted by molar-refractivity contribution is -0.122. The van der Waals surface area contributed by atoms with Crippen molar-refractivity contribution in [2.75, 3.05) is 10.1 Å². The van der Waals surface area contributed by atoms with Crippen LogP contribution in [0.15, 0.2) is 97.1 Å². The fourth-order valence-electron chi connectivity index (χ4n) is 4.99. The van der Waals surface area contributed by atoms with Crippen LogP contribution in [0.4, 0.5) is 11.4 Å². The van der Waals surface area contributed by atoms with E-state index in [-0.39, 0.29) is 40.3 Å². The minimum Gasteiger partial charge on any atom is -0.733 e. The lowest BCUT2D eigenvalue weighted by Gasteiger charge is -2.32. The molecule has 0 aromatic heterocycles. The Kier molecular flexibility index (Phi) is 5.09. The Hall–Kier alpha value is -3.74. The molecule has 2 amide bonds. The van der Waals surface area contributed by atoms with Gasteiger partial charge < -0.3 is 10.4 Å². The van der Waals surface area contributed by atoms with E-state index < -0.39 is 11.8 Å². The van der Waals surface area contributed by atoms with E-state index in [0.29, 0.717) is 0 Å². The normalized spacial score (nSPS) is 24.5. The van der Waals surface area contributed by atoms with E-state index >= 15 is 0 Å². The van der Waals surface area contributed by atoms with E-state index in [1.165, 1.54) is 12.1 Å². The third-order valence-electron chi connectivity index (χ3n) is 6.40. The predicted molar refractivity (Wildman–Crippen MR) is 121 cm³/mol. The minimum absolute atomic E-state index is 0.0908. The number of benzene rings is 3. The van der Waals surface area contributed by atoms with Crippen LogP contribution in [0.3, 0.4) is 0 Å². The van der Waals surface area contributed by atoms with Crippen molar-refractivity contribution in [3.05, 3.63) is 113 Å². The summed E-state index contributed by atoms with van der Waals surface area (Å²) in [5.74, 6) is -2.51. The molecule has 1 aliphatic carbocycles. The topological polar surface area (TPSA) is 83.9 Å². The fraction of sp³-hybridized carbons (Fsp3) is 0.154. The molecule has 0 radical (unpaired) electrons. The van der Waals surface area contributed by atoms with Crippen LogP contribution in [0, 0.1) is 17.0 Å². The number of hydrogen-bond donors (Lipinski definition) is 1. The molecule has 1 aliphatic heterocycles. The first-order chi connectivity index (χ1) is 15.6. The van der Waals surface area contributed by atoms with Crippen LogP contribution in [0.5, 0.6) is 0 Å². The zero-order valence-corrected chi connectivity index (χ0v) is 17.1.